The van der Waals surface area contributed by atoms with Crippen molar-refractivity contribution >= 4 is 22.8 Å². The molecule has 1 atom stereocenters. The van der Waals surface area contributed by atoms with E-state index in [9.17, 15) is 18.0 Å². The van der Waals surface area contributed by atoms with Crippen LogP contribution in [0.3, 0.4) is 0 Å². The molecule has 3 heterocycles. The van der Waals surface area contributed by atoms with Crippen molar-refractivity contribution in [3.05, 3.63) is 71.9 Å². The van der Waals surface area contributed by atoms with Crippen molar-refractivity contribution in [3.8, 4) is 11.1 Å². The number of halogens is 3. The molecule has 4 aromatic rings. The SMILES string of the molecule is Cn1ncc(-c2ccc(F)cc2)c1C(=O)N1CCCC[C@H]1CNc1cnc2cc(F)c(F)cc2n1. The van der Waals surface area contributed by atoms with Gasteiger partial charge in [0.25, 0.3) is 5.91 Å². The lowest BCUT2D eigenvalue weighted by atomic mass is 10.00. The van der Waals surface area contributed by atoms with Crippen molar-refractivity contribution in [2.75, 3.05) is 18.4 Å². The van der Waals surface area contributed by atoms with Crippen LogP contribution in [-0.4, -0.2) is 49.7 Å². The van der Waals surface area contributed by atoms with Gasteiger partial charge in [0, 0.05) is 43.9 Å². The third kappa shape index (κ3) is 4.55. The summed E-state index contributed by atoms with van der Waals surface area (Å²) in [6.45, 7) is 1.01. The highest BCUT2D eigenvalue weighted by Crippen LogP contribution is 2.27. The first-order valence-corrected chi connectivity index (χ1v) is 11.4. The van der Waals surface area contributed by atoms with Crippen LogP contribution in [0.1, 0.15) is 29.8 Å². The Morgan fingerprint density at radius 1 is 1.06 bits per heavy atom. The zero-order valence-corrected chi connectivity index (χ0v) is 19.0. The number of rotatable bonds is 5. The molecule has 0 bridgehead atoms. The molecule has 7 nitrogen and oxygen atoms in total. The highest BCUT2D eigenvalue weighted by molar-refractivity contribution is 5.99. The Balaban J connectivity index is 1.36. The number of carbonyl (C=O) groups is 1. The first-order chi connectivity index (χ1) is 16.9. The fraction of sp³-hybridized carbons (Fsp3) is 0.280. The fourth-order valence-corrected chi connectivity index (χ4v) is 4.46. The summed E-state index contributed by atoms with van der Waals surface area (Å²) in [5.74, 6) is -2.05. The molecular formula is C25H23F3N6O. The number of aromatic nitrogens is 4. The molecule has 1 aliphatic rings. The number of fused-ring (bicyclic) bond motifs is 1. The quantitative estimate of drug-likeness (QED) is 0.454. The van der Waals surface area contributed by atoms with Gasteiger partial charge in [0.2, 0.25) is 0 Å². The number of benzene rings is 2. The molecule has 10 heteroatoms. The number of piperidine rings is 1. The van der Waals surface area contributed by atoms with Gasteiger partial charge in [-0.25, -0.2) is 18.2 Å². The third-order valence-corrected chi connectivity index (χ3v) is 6.29. The van der Waals surface area contributed by atoms with E-state index in [4.69, 9.17) is 0 Å². The first-order valence-electron chi connectivity index (χ1n) is 11.4. The molecule has 1 amide bonds. The van der Waals surface area contributed by atoms with Crippen molar-refractivity contribution in [2.24, 2.45) is 7.05 Å². The van der Waals surface area contributed by atoms with E-state index in [2.05, 4.69) is 20.4 Å². The van der Waals surface area contributed by atoms with Crippen LogP contribution in [0.25, 0.3) is 22.2 Å². The minimum atomic E-state index is -0.985. The maximum Gasteiger partial charge on any atom is 0.273 e. The number of likely N-dealkylation sites (tertiary alicyclic amines) is 1. The van der Waals surface area contributed by atoms with Crippen LogP contribution in [0.5, 0.6) is 0 Å². The molecule has 2 aromatic heterocycles. The lowest BCUT2D eigenvalue weighted by molar-refractivity contribution is 0.0617. The van der Waals surface area contributed by atoms with Gasteiger partial charge in [-0.1, -0.05) is 12.1 Å². The van der Waals surface area contributed by atoms with Gasteiger partial charge in [-0.15, -0.1) is 0 Å². The summed E-state index contributed by atoms with van der Waals surface area (Å²) >= 11 is 0. The summed E-state index contributed by atoms with van der Waals surface area (Å²) in [5.41, 5.74) is 2.29. The van der Waals surface area contributed by atoms with Gasteiger partial charge < -0.3 is 10.2 Å². The number of amides is 1. The van der Waals surface area contributed by atoms with E-state index < -0.39 is 11.6 Å². The number of nitrogens with zero attached hydrogens (tertiary/aromatic N) is 5. The second-order valence-corrected chi connectivity index (χ2v) is 8.58. The summed E-state index contributed by atoms with van der Waals surface area (Å²) in [4.78, 5) is 24.0. The van der Waals surface area contributed by atoms with Gasteiger partial charge in [-0.05, 0) is 37.0 Å². The van der Waals surface area contributed by atoms with Crippen LogP contribution in [0.4, 0.5) is 19.0 Å². The van der Waals surface area contributed by atoms with Gasteiger partial charge in [-0.2, -0.15) is 5.10 Å². The van der Waals surface area contributed by atoms with Crippen LogP contribution in [0.2, 0.25) is 0 Å². The average Bonchev–Trinajstić information content (AvgIpc) is 3.25. The van der Waals surface area contributed by atoms with Crippen LogP contribution < -0.4 is 5.32 Å². The predicted octanol–water partition coefficient (Wildman–Crippen LogP) is 4.55. The molecule has 5 rings (SSSR count). The van der Waals surface area contributed by atoms with Gasteiger partial charge in [-0.3, -0.25) is 14.5 Å². The minimum Gasteiger partial charge on any atom is -0.367 e. The average molecular weight is 480 g/mol. The Bertz CT molecular complexity index is 1390. The first kappa shape index (κ1) is 22.8. The van der Waals surface area contributed by atoms with Crippen molar-refractivity contribution in [2.45, 2.75) is 25.3 Å². The highest BCUT2D eigenvalue weighted by atomic mass is 19.2. The Morgan fingerprint density at radius 3 is 2.57 bits per heavy atom. The molecular weight excluding hydrogens is 457 g/mol. The zero-order valence-electron chi connectivity index (χ0n) is 19.0. The van der Waals surface area contributed by atoms with E-state index in [0.717, 1.165) is 31.4 Å². The molecule has 1 N–H and O–H groups in total. The maximum absolute atomic E-state index is 13.7. The molecule has 0 unspecified atom stereocenters. The lowest BCUT2D eigenvalue weighted by Gasteiger charge is -2.36. The molecule has 180 valence electrons. The number of carbonyl (C=O) groups excluding carboxylic acids is 1. The van der Waals surface area contributed by atoms with Crippen molar-refractivity contribution in [1.82, 2.24) is 24.6 Å². The van der Waals surface area contributed by atoms with Crippen molar-refractivity contribution in [1.29, 1.82) is 0 Å². The van der Waals surface area contributed by atoms with Gasteiger partial charge >= 0.3 is 0 Å². The minimum absolute atomic E-state index is 0.116. The number of hydrogen-bond acceptors (Lipinski definition) is 5. The fourth-order valence-electron chi connectivity index (χ4n) is 4.46. The standard InChI is InChI=1S/C25H23F3N6O/c1-33-24(18(13-31-33)15-5-7-16(26)8-6-15)25(35)34-9-3-2-4-17(34)12-30-23-14-29-21-10-19(27)20(28)11-22(21)32-23/h5-8,10-11,13-14,17H,2-4,9,12H2,1H3,(H,30,32)/t17-/m0/s1. The summed E-state index contributed by atoms with van der Waals surface area (Å²) in [7, 11) is 1.71. The molecule has 35 heavy (non-hydrogen) atoms. The van der Waals surface area contributed by atoms with Crippen molar-refractivity contribution in [3.63, 3.8) is 0 Å². The molecule has 1 aliphatic heterocycles. The number of aryl methyl sites for hydroxylation is 1. The maximum atomic E-state index is 13.7. The number of nitrogens with one attached hydrogen (secondary N) is 1. The molecule has 0 radical (unpaired) electrons. The van der Waals surface area contributed by atoms with Crippen LogP contribution >= 0.6 is 0 Å². The summed E-state index contributed by atoms with van der Waals surface area (Å²) in [6, 6.07) is 7.88. The Labute approximate surface area is 199 Å². The lowest BCUT2D eigenvalue weighted by Crippen LogP contribution is -2.47. The van der Waals surface area contributed by atoms with Gasteiger partial charge in [0.15, 0.2) is 11.6 Å². The summed E-state index contributed by atoms with van der Waals surface area (Å²) in [6.07, 6.45) is 5.73. The molecule has 2 aromatic carbocycles. The third-order valence-electron chi connectivity index (χ3n) is 6.29. The van der Waals surface area contributed by atoms with E-state index in [0.29, 0.717) is 35.7 Å². The summed E-state index contributed by atoms with van der Waals surface area (Å²) < 4.78 is 42.0. The largest absolute Gasteiger partial charge is 0.367 e. The second kappa shape index (κ2) is 9.36. The van der Waals surface area contributed by atoms with Crippen LogP contribution in [-0.2, 0) is 7.05 Å². The molecule has 0 aliphatic carbocycles. The zero-order chi connectivity index (χ0) is 24.5. The Hall–Kier alpha value is -3.95. The van der Waals surface area contributed by atoms with Gasteiger partial charge in [0.05, 0.1) is 23.4 Å². The molecule has 0 saturated carbocycles. The normalized spacial score (nSPS) is 16.0. The molecule has 1 fully saturated rings. The van der Waals surface area contributed by atoms with E-state index in [1.807, 2.05) is 4.90 Å². The summed E-state index contributed by atoms with van der Waals surface area (Å²) in [5, 5.41) is 7.47. The van der Waals surface area contributed by atoms with E-state index in [1.54, 1.807) is 30.1 Å². The predicted molar refractivity (Wildman–Crippen MR) is 125 cm³/mol. The smallest absolute Gasteiger partial charge is 0.273 e. The highest BCUT2D eigenvalue weighted by Gasteiger charge is 2.31. The monoisotopic (exact) mass is 480 g/mol. The van der Waals surface area contributed by atoms with Crippen LogP contribution in [0.15, 0.2) is 48.8 Å². The molecule has 0 spiro atoms. The Kier molecular flexibility index (Phi) is 6.10. The van der Waals surface area contributed by atoms with Crippen LogP contribution in [0, 0.1) is 17.5 Å². The van der Waals surface area contributed by atoms with Gasteiger partial charge in [0.1, 0.15) is 17.3 Å². The number of anilines is 1. The number of hydrogen-bond donors (Lipinski definition) is 1. The van der Waals surface area contributed by atoms with Crippen molar-refractivity contribution < 1.29 is 18.0 Å². The van der Waals surface area contributed by atoms with E-state index in [-0.39, 0.29) is 28.8 Å². The topological polar surface area (TPSA) is 75.9 Å². The van der Waals surface area contributed by atoms with E-state index >= 15 is 0 Å². The molecule has 1 saturated heterocycles. The Morgan fingerprint density at radius 2 is 1.80 bits per heavy atom. The van der Waals surface area contributed by atoms with E-state index in [1.165, 1.54) is 18.3 Å². The second-order valence-electron chi connectivity index (χ2n) is 8.58.